The summed E-state index contributed by atoms with van der Waals surface area (Å²) in [7, 11) is 2.07. The zero-order valence-electron chi connectivity index (χ0n) is 15.0. The molecule has 2 amide bonds. The number of hydrogen-bond acceptors (Lipinski definition) is 4. The molecule has 1 unspecified atom stereocenters. The lowest BCUT2D eigenvalue weighted by atomic mass is 9.97. The first-order valence-corrected chi connectivity index (χ1v) is 9.32. The van der Waals surface area contributed by atoms with Crippen LogP contribution in [0.5, 0.6) is 0 Å². The molecule has 2 saturated heterocycles. The number of urea groups is 1. The van der Waals surface area contributed by atoms with Gasteiger partial charge in [0.15, 0.2) is 0 Å². The first-order valence-electron chi connectivity index (χ1n) is 9.32. The highest BCUT2D eigenvalue weighted by molar-refractivity contribution is 5.74. The average molecular weight is 334 g/mol. The van der Waals surface area contributed by atoms with Crippen LogP contribution in [0.2, 0.25) is 0 Å². The Hall–Kier alpha value is -1.63. The van der Waals surface area contributed by atoms with E-state index in [0.717, 1.165) is 57.2 Å². The minimum atomic E-state index is 0.0397. The molecule has 7 nitrogen and oxygen atoms in total. The zero-order valence-corrected chi connectivity index (χ0v) is 15.0. The fraction of sp³-hybridized carbons (Fsp3) is 0.824. The molecule has 0 aliphatic carbocycles. The number of piperidine rings is 2. The summed E-state index contributed by atoms with van der Waals surface area (Å²) in [4.78, 5) is 16.5. The van der Waals surface area contributed by atoms with Gasteiger partial charge in [0.05, 0.1) is 6.54 Å². The summed E-state index contributed by atoms with van der Waals surface area (Å²) in [6.07, 6.45) is 6.02. The van der Waals surface area contributed by atoms with Crippen LogP contribution in [0.1, 0.15) is 56.6 Å². The molecule has 134 valence electrons. The summed E-state index contributed by atoms with van der Waals surface area (Å²) >= 11 is 0. The normalized spacial score (nSPS) is 22.6. The molecule has 3 rings (SSSR count). The quantitative estimate of drug-likeness (QED) is 0.910. The Balaban J connectivity index is 1.64. The van der Waals surface area contributed by atoms with Crippen LogP contribution in [0.4, 0.5) is 4.79 Å². The van der Waals surface area contributed by atoms with Crippen molar-refractivity contribution in [2.24, 2.45) is 7.05 Å². The van der Waals surface area contributed by atoms with Crippen molar-refractivity contribution >= 4 is 6.03 Å². The molecular weight excluding hydrogens is 304 g/mol. The monoisotopic (exact) mass is 334 g/mol. The van der Waals surface area contributed by atoms with Crippen LogP contribution in [0, 0.1) is 0 Å². The van der Waals surface area contributed by atoms with Gasteiger partial charge in [-0.05, 0) is 45.7 Å². The van der Waals surface area contributed by atoms with Crippen molar-refractivity contribution in [3.8, 4) is 0 Å². The summed E-state index contributed by atoms with van der Waals surface area (Å²) in [5.41, 5.74) is 0. The highest BCUT2D eigenvalue weighted by atomic mass is 16.2. The van der Waals surface area contributed by atoms with Crippen LogP contribution in [-0.4, -0.2) is 63.3 Å². The lowest BCUT2D eigenvalue weighted by Gasteiger charge is -2.32. The van der Waals surface area contributed by atoms with Crippen molar-refractivity contribution in [2.45, 2.75) is 51.5 Å². The third kappa shape index (κ3) is 3.88. The van der Waals surface area contributed by atoms with Crippen molar-refractivity contribution < 1.29 is 4.79 Å². The summed E-state index contributed by atoms with van der Waals surface area (Å²) in [6.45, 7) is 7.41. The van der Waals surface area contributed by atoms with Crippen LogP contribution < -0.4 is 5.32 Å². The Kier molecular flexibility index (Phi) is 5.71. The van der Waals surface area contributed by atoms with Gasteiger partial charge in [-0.1, -0.05) is 6.42 Å². The van der Waals surface area contributed by atoms with Gasteiger partial charge in [0.1, 0.15) is 11.6 Å². The van der Waals surface area contributed by atoms with Crippen LogP contribution in [-0.2, 0) is 13.6 Å². The van der Waals surface area contributed by atoms with Crippen molar-refractivity contribution in [1.29, 1.82) is 0 Å². The Morgan fingerprint density at radius 3 is 2.71 bits per heavy atom. The zero-order chi connectivity index (χ0) is 16.9. The van der Waals surface area contributed by atoms with Gasteiger partial charge in [-0.2, -0.15) is 0 Å². The third-order valence-electron chi connectivity index (χ3n) is 5.21. The number of likely N-dealkylation sites (tertiary alicyclic amines) is 2. The molecule has 1 N–H and O–H groups in total. The largest absolute Gasteiger partial charge is 0.338 e. The predicted octanol–water partition coefficient (Wildman–Crippen LogP) is 1.71. The van der Waals surface area contributed by atoms with Gasteiger partial charge in [0, 0.05) is 32.6 Å². The number of rotatable bonds is 4. The molecule has 1 aromatic rings. The van der Waals surface area contributed by atoms with Gasteiger partial charge in [-0.25, -0.2) is 4.79 Å². The SMILES string of the molecule is CCNC(=O)N1CCCC(c2nnc(CN3CCCCC3)n2C)C1. The van der Waals surface area contributed by atoms with Gasteiger partial charge < -0.3 is 14.8 Å². The van der Waals surface area contributed by atoms with Gasteiger partial charge in [0.25, 0.3) is 0 Å². The van der Waals surface area contributed by atoms with E-state index in [9.17, 15) is 4.79 Å². The van der Waals surface area contributed by atoms with E-state index in [0.29, 0.717) is 6.54 Å². The van der Waals surface area contributed by atoms with E-state index in [1.165, 1.54) is 19.3 Å². The first kappa shape index (κ1) is 17.2. The van der Waals surface area contributed by atoms with E-state index in [1.807, 2.05) is 11.8 Å². The molecule has 0 radical (unpaired) electrons. The number of aromatic nitrogens is 3. The molecule has 0 spiro atoms. The van der Waals surface area contributed by atoms with E-state index < -0.39 is 0 Å². The second kappa shape index (κ2) is 7.96. The number of nitrogens with one attached hydrogen (secondary N) is 1. The molecule has 2 aliphatic heterocycles. The van der Waals surface area contributed by atoms with Gasteiger partial charge >= 0.3 is 6.03 Å². The Morgan fingerprint density at radius 2 is 1.96 bits per heavy atom. The predicted molar refractivity (Wildman–Crippen MR) is 92.8 cm³/mol. The fourth-order valence-corrected chi connectivity index (χ4v) is 3.82. The van der Waals surface area contributed by atoms with Gasteiger partial charge in [-0.3, -0.25) is 4.90 Å². The second-order valence-electron chi connectivity index (χ2n) is 6.99. The maximum absolute atomic E-state index is 12.1. The Bertz CT molecular complexity index is 551. The molecule has 1 atom stereocenters. The van der Waals surface area contributed by atoms with Gasteiger partial charge in [0.2, 0.25) is 0 Å². The minimum Gasteiger partial charge on any atom is -0.338 e. The number of nitrogens with zero attached hydrogens (tertiary/aromatic N) is 5. The van der Waals surface area contributed by atoms with E-state index in [1.54, 1.807) is 0 Å². The van der Waals surface area contributed by atoms with Crippen LogP contribution >= 0.6 is 0 Å². The third-order valence-corrected chi connectivity index (χ3v) is 5.21. The maximum atomic E-state index is 12.1. The molecule has 1 aromatic heterocycles. The molecule has 0 aromatic carbocycles. The molecule has 2 aliphatic rings. The number of amides is 2. The van der Waals surface area contributed by atoms with Crippen molar-refractivity contribution in [2.75, 3.05) is 32.7 Å². The van der Waals surface area contributed by atoms with E-state index in [4.69, 9.17) is 0 Å². The molecule has 0 saturated carbocycles. The van der Waals surface area contributed by atoms with Crippen LogP contribution in [0.25, 0.3) is 0 Å². The van der Waals surface area contributed by atoms with E-state index >= 15 is 0 Å². The standard InChI is InChI=1S/C17H30N6O/c1-3-18-17(24)23-11-7-8-14(12-23)16-20-19-15(21(16)2)13-22-9-5-4-6-10-22/h14H,3-13H2,1-2H3,(H,18,24). The van der Waals surface area contributed by atoms with Gasteiger partial charge in [-0.15, -0.1) is 10.2 Å². The summed E-state index contributed by atoms with van der Waals surface area (Å²) in [6, 6.07) is 0.0397. The van der Waals surface area contributed by atoms with Crippen molar-refractivity contribution in [1.82, 2.24) is 29.9 Å². The van der Waals surface area contributed by atoms with Crippen molar-refractivity contribution in [3.63, 3.8) is 0 Å². The average Bonchev–Trinajstić information content (AvgIpc) is 2.97. The van der Waals surface area contributed by atoms with Crippen LogP contribution in [0.15, 0.2) is 0 Å². The summed E-state index contributed by atoms with van der Waals surface area (Å²) in [5.74, 6) is 2.35. The Morgan fingerprint density at radius 1 is 1.17 bits per heavy atom. The van der Waals surface area contributed by atoms with E-state index in [2.05, 4.69) is 32.0 Å². The molecule has 24 heavy (non-hydrogen) atoms. The summed E-state index contributed by atoms with van der Waals surface area (Å²) < 4.78 is 2.15. The number of hydrogen-bond donors (Lipinski definition) is 1. The highest BCUT2D eigenvalue weighted by Gasteiger charge is 2.28. The minimum absolute atomic E-state index is 0.0397. The van der Waals surface area contributed by atoms with Crippen molar-refractivity contribution in [3.05, 3.63) is 11.6 Å². The lowest BCUT2D eigenvalue weighted by molar-refractivity contribution is 0.178. The molecule has 3 heterocycles. The molecular formula is C17H30N6O. The highest BCUT2D eigenvalue weighted by Crippen LogP contribution is 2.26. The lowest BCUT2D eigenvalue weighted by Crippen LogP contribution is -2.45. The maximum Gasteiger partial charge on any atom is 0.317 e. The molecule has 7 heteroatoms. The summed E-state index contributed by atoms with van der Waals surface area (Å²) in [5, 5.41) is 11.8. The second-order valence-corrected chi connectivity index (χ2v) is 6.99. The Labute approximate surface area is 144 Å². The molecule has 2 fully saturated rings. The first-order chi connectivity index (χ1) is 11.7. The van der Waals surface area contributed by atoms with E-state index in [-0.39, 0.29) is 11.9 Å². The fourth-order valence-electron chi connectivity index (χ4n) is 3.82. The molecule has 0 bridgehead atoms. The number of carbonyl (C=O) groups excluding carboxylic acids is 1. The van der Waals surface area contributed by atoms with Crippen LogP contribution in [0.3, 0.4) is 0 Å². The topological polar surface area (TPSA) is 66.3 Å². The number of carbonyl (C=O) groups is 1. The smallest absolute Gasteiger partial charge is 0.317 e.